The number of para-hydroxylation sites is 1. The molecule has 0 saturated heterocycles. The fourth-order valence-corrected chi connectivity index (χ4v) is 4.65. The van der Waals surface area contributed by atoms with E-state index in [-0.39, 0.29) is 18.1 Å². The summed E-state index contributed by atoms with van der Waals surface area (Å²) in [5, 5.41) is 3.18. The SMILES string of the molecule is O=C(CCS(=O)(=O)N1CCCc2ccccc21)Nc1cccc(Cl)c1. The van der Waals surface area contributed by atoms with E-state index in [9.17, 15) is 13.2 Å². The Morgan fingerprint density at radius 1 is 1.16 bits per heavy atom. The summed E-state index contributed by atoms with van der Waals surface area (Å²) in [6, 6.07) is 14.3. The first kappa shape index (κ1) is 17.8. The molecule has 0 aliphatic carbocycles. The minimum absolute atomic E-state index is 0.104. The third-order valence-electron chi connectivity index (χ3n) is 4.10. The molecule has 0 fully saturated rings. The van der Waals surface area contributed by atoms with Gasteiger partial charge in [0.2, 0.25) is 15.9 Å². The predicted octanol–water partition coefficient (Wildman–Crippen LogP) is 3.45. The van der Waals surface area contributed by atoms with Crippen LogP contribution in [0.1, 0.15) is 18.4 Å². The molecule has 7 heteroatoms. The summed E-state index contributed by atoms with van der Waals surface area (Å²) in [4.78, 5) is 12.1. The lowest BCUT2D eigenvalue weighted by Gasteiger charge is -2.30. The fourth-order valence-electron chi connectivity index (χ4n) is 2.91. The molecule has 0 saturated carbocycles. The molecule has 3 rings (SSSR count). The van der Waals surface area contributed by atoms with Crippen molar-refractivity contribution < 1.29 is 13.2 Å². The summed E-state index contributed by atoms with van der Waals surface area (Å²) in [7, 11) is -3.55. The first-order valence-corrected chi connectivity index (χ1v) is 10.1. The maximum Gasteiger partial charge on any atom is 0.235 e. The molecule has 0 spiro atoms. The Balaban J connectivity index is 1.65. The van der Waals surface area contributed by atoms with Crippen LogP contribution in [0.25, 0.3) is 0 Å². The second kappa shape index (κ2) is 7.45. The van der Waals surface area contributed by atoms with Crippen LogP contribution >= 0.6 is 11.6 Å². The third kappa shape index (κ3) is 4.32. The number of amides is 1. The van der Waals surface area contributed by atoms with E-state index in [0.29, 0.717) is 17.3 Å². The second-order valence-corrected chi connectivity index (χ2v) is 8.38. The number of nitrogens with one attached hydrogen (secondary N) is 1. The fraction of sp³-hybridized carbons (Fsp3) is 0.278. The normalized spacial score (nSPS) is 14.0. The zero-order valence-corrected chi connectivity index (χ0v) is 15.2. The van der Waals surface area contributed by atoms with Crippen LogP contribution in [0.15, 0.2) is 48.5 Å². The van der Waals surface area contributed by atoms with Crippen LogP contribution in [0, 0.1) is 0 Å². The van der Waals surface area contributed by atoms with Crippen molar-refractivity contribution in [2.24, 2.45) is 0 Å². The van der Waals surface area contributed by atoms with Crippen molar-refractivity contribution in [3.63, 3.8) is 0 Å². The van der Waals surface area contributed by atoms with Gasteiger partial charge in [-0.15, -0.1) is 0 Å². The van der Waals surface area contributed by atoms with Gasteiger partial charge in [-0.3, -0.25) is 9.10 Å². The van der Waals surface area contributed by atoms with E-state index in [1.807, 2.05) is 24.3 Å². The number of sulfonamides is 1. The first-order chi connectivity index (χ1) is 12.0. The lowest BCUT2D eigenvalue weighted by atomic mass is 10.0. The Kier molecular flexibility index (Phi) is 5.30. The van der Waals surface area contributed by atoms with Crippen LogP contribution in [0.5, 0.6) is 0 Å². The summed E-state index contributed by atoms with van der Waals surface area (Å²) in [5.41, 5.74) is 2.31. The Morgan fingerprint density at radius 3 is 2.76 bits per heavy atom. The molecule has 132 valence electrons. The smallest absolute Gasteiger partial charge is 0.235 e. The van der Waals surface area contributed by atoms with E-state index >= 15 is 0 Å². The molecule has 1 aliphatic rings. The van der Waals surface area contributed by atoms with Crippen LogP contribution in [-0.2, 0) is 21.2 Å². The molecule has 5 nitrogen and oxygen atoms in total. The van der Waals surface area contributed by atoms with Gasteiger partial charge < -0.3 is 5.32 Å². The molecule has 0 atom stereocenters. The number of carbonyl (C=O) groups excluding carboxylic acids is 1. The number of benzene rings is 2. The van der Waals surface area contributed by atoms with Gasteiger partial charge in [0.15, 0.2) is 0 Å². The Bertz CT molecular complexity index is 883. The highest BCUT2D eigenvalue weighted by Crippen LogP contribution is 2.29. The van der Waals surface area contributed by atoms with Crippen LogP contribution in [-0.4, -0.2) is 26.6 Å². The van der Waals surface area contributed by atoms with E-state index in [0.717, 1.165) is 24.1 Å². The van der Waals surface area contributed by atoms with Crippen molar-refractivity contribution >= 4 is 38.9 Å². The number of rotatable bonds is 5. The zero-order valence-electron chi connectivity index (χ0n) is 13.6. The van der Waals surface area contributed by atoms with Gasteiger partial charge in [0.25, 0.3) is 0 Å². The average Bonchev–Trinajstić information content (AvgIpc) is 2.59. The van der Waals surface area contributed by atoms with E-state index in [1.165, 1.54) is 4.31 Å². The van der Waals surface area contributed by atoms with Crippen molar-refractivity contribution in [3.05, 3.63) is 59.1 Å². The number of halogens is 1. The number of nitrogens with zero attached hydrogens (tertiary/aromatic N) is 1. The van der Waals surface area contributed by atoms with E-state index in [2.05, 4.69) is 5.32 Å². The van der Waals surface area contributed by atoms with Gasteiger partial charge >= 0.3 is 0 Å². The van der Waals surface area contributed by atoms with Crippen LogP contribution in [0.2, 0.25) is 5.02 Å². The van der Waals surface area contributed by atoms with Gasteiger partial charge in [0.05, 0.1) is 11.4 Å². The lowest BCUT2D eigenvalue weighted by Crippen LogP contribution is -2.37. The number of aryl methyl sites for hydroxylation is 1. The van der Waals surface area contributed by atoms with Crippen molar-refractivity contribution in [3.8, 4) is 0 Å². The number of hydrogen-bond acceptors (Lipinski definition) is 3. The van der Waals surface area contributed by atoms with E-state index in [4.69, 9.17) is 11.6 Å². The molecule has 0 radical (unpaired) electrons. The highest BCUT2D eigenvalue weighted by Gasteiger charge is 2.27. The average molecular weight is 379 g/mol. The molecular weight excluding hydrogens is 360 g/mol. The molecule has 1 heterocycles. The molecule has 25 heavy (non-hydrogen) atoms. The molecule has 0 unspecified atom stereocenters. The minimum Gasteiger partial charge on any atom is -0.326 e. The second-order valence-electron chi connectivity index (χ2n) is 5.93. The van der Waals surface area contributed by atoms with Crippen LogP contribution < -0.4 is 9.62 Å². The van der Waals surface area contributed by atoms with Gasteiger partial charge in [0.1, 0.15) is 0 Å². The van der Waals surface area contributed by atoms with E-state index < -0.39 is 10.0 Å². The standard InChI is InChI=1S/C18H19ClN2O3S/c19-15-7-3-8-16(13-15)20-18(22)10-12-25(23,24)21-11-4-6-14-5-1-2-9-17(14)21/h1-3,5,7-9,13H,4,6,10-12H2,(H,20,22). The molecule has 1 amide bonds. The highest BCUT2D eigenvalue weighted by molar-refractivity contribution is 7.92. The maximum absolute atomic E-state index is 12.7. The Hall–Kier alpha value is -2.05. The topological polar surface area (TPSA) is 66.5 Å². The Morgan fingerprint density at radius 2 is 1.96 bits per heavy atom. The molecule has 1 aliphatic heterocycles. The van der Waals surface area contributed by atoms with Gasteiger partial charge in [-0.1, -0.05) is 35.9 Å². The summed E-state index contributed by atoms with van der Waals surface area (Å²) >= 11 is 5.87. The van der Waals surface area contributed by atoms with Crippen molar-refractivity contribution in [2.75, 3.05) is 21.9 Å². The maximum atomic E-state index is 12.7. The number of anilines is 2. The monoisotopic (exact) mass is 378 g/mol. The van der Waals surface area contributed by atoms with Gasteiger partial charge in [-0.2, -0.15) is 0 Å². The lowest BCUT2D eigenvalue weighted by molar-refractivity contribution is -0.115. The largest absolute Gasteiger partial charge is 0.326 e. The number of carbonyl (C=O) groups is 1. The quantitative estimate of drug-likeness (QED) is 0.866. The summed E-state index contributed by atoms with van der Waals surface area (Å²) in [5.74, 6) is -0.579. The van der Waals surface area contributed by atoms with Crippen molar-refractivity contribution in [2.45, 2.75) is 19.3 Å². The summed E-state index contributed by atoms with van der Waals surface area (Å²) < 4.78 is 26.8. The van der Waals surface area contributed by atoms with Crippen LogP contribution in [0.4, 0.5) is 11.4 Å². The number of fused-ring (bicyclic) bond motifs is 1. The van der Waals surface area contributed by atoms with E-state index in [1.54, 1.807) is 24.3 Å². The third-order valence-corrected chi connectivity index (χ3v) is 6.10. The van der Waals surface area contributed by atoms with Crippen molar-refractivity contribution in [1.82, 2.24) is 0 Å². The highest BCUT2D eigenvalue weighted by atomic mass is 35.5. The zero-order chi connectivity index (χ0) is 17.9. The molecular formula is C18H19ClN2O3S. The molecule has 2 aromatic carbocycles. The van der Waals surface area contributed by atoms with Gasteiger partial charge in [-0.05, 0) is 42.7 Å². The van der Waals surface area contributed by atoms with Gasteiger partial charge in [0, 0.05) is 23.7 Å². The number of hydrogen-bond donors (Lipinski definition) is 1. The minimum atomic E-state index is -3.55. The van der Waals surface area contributed by atoms with Gasteiger partial charge in [-0.25, -0.2) is 8.42 Å². The Labute approximate surface area is 152 Å². The predicted molar refractivity (Wildman–Crippen MR) is 101 cm³/mol. The summed E-state index contributed by atoms with van der Waals surface area (Å²) in [6.07, 6.45) is 1.55. The molecule has 0 bridgehead atoms. The van der Waals surface area contributed by atoms with Crippen LogP contribution in [0.3, 0.4) is 0 Å². The first-order valence-electron chi connectivity index (χ1n) is 8.09. The molecule has 1 N–H and O–H groups in total. The molecule has 2 aromatic rings. The van der Waals surface area contributed by atoms with Crippen molar-refractivity contribution in [1.29, 1.82) is 0 Å². The summed E-state index contributed by atoms with van der Waals surface area (Å²) in [6.45, 7) is 0.454. The molecule has 0 aromatic heterocycles.